The number of nitriles is 1. The van der Waals surface area contributed by atoms with Gasteiger partial charge in [0, 0.05) is 13.1 Å². The van der Waals surface area contributed by atoms with Gasteiger partial charge in [-0.3, -0.25) is 0 Å². The minimum absolute atomic E-state index is 0.0165. The zero-order chi connectivity index (χ0) is 19.9. The van der Waals surface area contributed by atoms with Gasteiger partial charge in [0.05, 0.1) is 35.5 Å². The topological polar surface area (TPSA) is 71.2 Å². The number of imidazole rings is 1. The molecule has 1 aliphatic heterocycles. The number of amides is 1. The van der Waals surface area contributed by atoms with Gasteiger partial charge >= 0.3 is 6.09 Å². The van der Waals surface area contributed by atoms with Gasteiger partial charge in [0.1, 0.15) is 5.60 Å². The zero-order valence-corrected chi connectivity index (χ0v) is 16.9. The first-order chi connectivity index (χ1) is 13.3. The van der Waals surface area contributed by atoms with E-state index in [1.807, 2.05) is 23.4 Å². The molecular weight excluding hydrogens is 352 g/mol. The fourth-order valence-corrected chi connectivity index (χ4v) is 5.09. The highest BCUT2D eigenvalue weighted by Gasteiger charge is 2.51. The second-order valence-electron chi connectivity index (χ2n) is 9.35. The molecule has 2 aliphatic rings. The Balaban J connectivity index is 1.56. The molecule has 4 rings (SSSR count). The van der Waals surface area contributed by atoms with Crippen LogP contribution in [0.5, 0.6) is 0 Å². The SMILES string of the molecule is CC(C)CN1C[C@@]2(CCC[C@](C)(Cn3cnc4ccc(C#N)cc43)C2)OC1=O. The molecule has 0 radical (unpaired) electrons. The van der Waals surface area contributed by atoms with Crippen LogP contribution < -0.4 is 0 Å². The van der Waals surface area contributed by atoms with Crippen LogP contribution in [0.2, 0.25) is 0 Å². The quantitative estimate of drug-likeness (QED) is 0.791. The van der Waals surface area contributed by atoms with Crippen LogP contribution in [0.1, 0.15) is 52.0 Å². The van der Waals surface area contributed by atoms with Crippen molar-refractivity contribution in [3.8, 4) is 6.07 Å². The van der Waals surface area contributed by atoms with Crippen molar-refractivity contribution < 1.29 is 9.53 Å². The van der Waals surface area contributed by atoms with Crippen molar-refractivity contribution in [1.82, 2.24) is 14.5 Å². The number of hydrogen-bond acceptors (Lipinski definition) is 4. The Morgan fingerprint density at radius 2 is 2.18 bits per heavy atom. The van der Waals surface area contributed by atoms with Crippen LogP contribution in [0.3, 0.4) is 0 Å². The molecule has 1 aromatic heterocycles. The number of nitrogens with zero attached hydrogens (tertiary/aromatic N) is 4. The first-order valence-corrected chi connectivity index (χ1v) is 10.1. The van der Waals surface area contributed by atoms with E-state index in [9.17, 15) is 10.1 Å². The van der Waals surface area contributed by atoms with Crippen molar-refractivity contribution in [2.24, 2.45) is 11.3 Å². The van der Waals surface area contributed by atoms with Gasteiger partial charge in [0.15, 0.2) is 0 Å². The smallest absolute Gasteiger partial charge is 0.410 e. The molecule has 1 saturated carbocycles. The summed E-state index contributed by atoms with van der Waals surface area (Å²) in [6, 6.07) is 7.82. The van der Waals surface area contributed by atoms with E-state index in [1.54, 1.807) is 6.07 Å². The van der Waals surface area contributed by atoms with Gasteiger partial charge in [-0.25, -0.2) is 9.78 Å². The third kappa shape index (κ3) is 3.46. The Kier molecular flexibility index (Phi) is 4.57. The van der Waals surface area contributed by atoms with E-state index in [1.165, 1.54) is 0 Å². The minimum atomic E-state index is -0.368. The molecule has 1 spiro atoms. The van der Waals surface area contributed by atoms with E-state index in [0.29, 0.717) is 18.0 Å². The van der Waals surface area contributed by atoms with E-state index < -0.39 is 0 Å². The van der Waals surface area contributed by atoms with E-state index in [-0.39, 0.29) is 17.1 Å². The van der Waals surface area contributed by atoms with Gasteiger partial charge in [0.2, 0.25) is 0 Å². The zero-order valence-electron chi connectivity index (χ0n) is 16.9. The Bertz CT molecular complexity index is 944. The summed E-state index contributed by atoms with van der Waals surface area (Å²) in [5.74, 6) is 0.435. The molecular formula is C22H28N4O2. The van der Waals surface area contributed by atoms with E-state index in [4.69, 9.17) is 4.74 Å². The van der Waals surface area contributed by atoms with E-state index >= 15 is 0 Å². The third-order valence-corrected chi connectivity index (χ3v) is 6.09. The summed E-state index contributed by atoms with van der Waals surface area (Å²) in [4.78, 5) is 18.8. The molecule has 0 N–H and O–H groups in total. The van der Waals surface area contributed by atoms with Crippen molar-refractivity contribution in [2.45, 2.75) is 58.6 Å². The highest BCUT2D eigenvalue weighted by molar-refractivity contribution is 5.77. The van der Waals surface area contributed by atoms with Crippen LogP contribution in [0, 0.1) is 22.7 Å². The first-order valence-electron chi connectivity index (χ1n) is 10.1. The Labute approximate surface area is 166 Å². The van der Waals surface area contributed by atoms with Gasteiger partial charge in [-0.1, -0.05) is 20.8 Å². The van der Waals surface area contributed by atoms with Gasteiger partial charge in [-0.15, -0.1) is 0 Å². The molecule has 1 saturated heterocycles. The van der Waals surface area contributed by atoms with Gasteiger partial charge in [0.25, 0.3) is 0 Å². The summed E-state index contributed by atoms with van der Waals surface area (Å²) < 4.78 is 8.11. The van der Waals surface area contributed by atoms with Crippen molar-refractivity contribution in [1.29, 1.82) is 5.26 Å². The number of benzene rings is 1. The maximum atomic E-state index is 12.4. The largest absolute Gasteiger partial charge is 0.441 e. The lowest BCUT2D eigenvalue weighted by molar-refractivity contribution is -0.0270. The van der Waals surface area contributed by atoms with Crippen molar-refractivity contribution >= 4 is 17.1 Å². The molecule has 148 valence electrons. The number of carbonyl (C=O) groups excluding carboxylic acids is 1. The normalized spacial score (nSPS) is 27.5. The molecule has 0 bridgehead atoms. The van der Waals surface area contributed by atoms with Gasteiger partial charge < -0.3 is 14.2 Å². The molecule has 2 heterocycles. The summed E-state index contributed by atoms with van der Waals surface area (Å²) in [7, 11) is 0. The predicted molar refractivity (Wildman–Crippen MR) is 107 cm³/mol. The molecule has 1 amide bonds. The number of carbonyl (C=O) groups is 1. The van der Waals surface area contributed by atoms with Crippen molar-refractivity contribution in [3.63, 3.8) is 0 Å². The van der Waals surface area contributed by atoms with Crippen LogP contribution in [0.4, 0.5) is 4.79 Å². The molecule has 6 nitrogen and oxygen atoms in total. The highest BCUT2D eigenvalue weighted by Crippen LogP contribution is 2.47. The molecule has 1 aromatic carbocycles. The number of aromatic nitrogens is 2. The molecule has 6 heteroatoms. The molecule has 28 heavy (non-hydrogen) atoms. The monoisotopic (exact) mass is 380 g/mol. The molecule has 2 fully saturated rings. The molecule has 2 aromatic rings. The number of rotatable bonds is 4. The summed E-state index contributed by atoms with van der Waals surface area (Å²) in [5.41, 5.74) is 2.19. The number of fused-ring (bicyclic) bond motifs is 1. The summed E-state index contributed by atoms with van der Waals surface area (Å²) in [6.07, 6.45) is 5.64. The molecule has 0 unspecified atom stereocenters. The van der Waals surface area contributed by atoms with Crippen molar-refractivity contribution in [3.05, 3.63) is 30.1 Å². The lowest BCUT2D eigenvalue weighted by atomic mass is 9.68. The van der Waals surface area contributed by atoms with Gasteiger partial charge in [-0.2, -0.15) is 5.26 Å². The molecule has 1 aliphatic carbocycles. The average Bonchev–Trinajstić information content (AvgIpc) is 3.14. The van der Waals surface area contributed by atoms with E-state index in [0.717, 1.165) is 49.8 Å². The highest BCUT2D eigenvalue weighted by atomic mass is 16.6. The van der Waals surface area contributed by atoms with Crippen molar-refractivity contribution in [2.75, 3.05) is 13.1 Å². The maximum Gasteiger partial charge on any atom is 0.410 e. The number of hydrogen-bond donors (Lipinski definition) is 0. The second kappa shape index (κ2) is 6.80. The lowest BCUT2D eigenvalue weighted by Gasteiger charge is -2.43. The van der Waals surface area contributed by atoms with E-state index in [2.05, 4.69) is 36.4 Å². The fraction of sp³-hybridized carbons (Fsp3) is 0.591. The second-order valence-corrected chi connectivity index (χ2v) is 9.35. The number of ether oxygens (including phenoxy) is 1. The van der Waals surface area contributed by atoms with Crippen LogP contribution in [0.15, 0.2) is 24.5 Å². The Morgan fingerprint density at radius 1 is 1.36 bits per heavy atom. The van der Waals surface area contributed by atoms with Crippen LogP contribution >= 0.6 is 0 Å². The third-order valence-electron chi connectivity index (χ3n) is 6.09. The van der Waals surface area contributed by atoms with Gasteiger partial charge in [-0.05, 0) is 55.2 Å². The lowest BCUT2D eigenvalue weighted by Crippen LogP contribution is -2.45. The fourth-order valence-electron chi connectivity index (χ4n) is 5.09. The Morgan fingerprint density at radius 3 is 2.93 bits per heavy atom. The summed E-state index contributed by atoms with van der Waals surface area (Å²) in [6.45, 7) is 8.80. The van der Waals surface area contributed by atoms with Crippen LogP contribution in [0.25, 0.3) is 11.0 Å². The Hall–Kier alpha value is -2.55. The van der Waals surface area contributed by atoms with Crippen LogP contribution in [-0.4, -0.2) is 39.2 Å². The minimum Gasteiger partial charge on any atom is -0.441 e. The van der Waals surface area contributed by atoms with Crippen LogP contribution in [-0.2, 0) is 11.3 Å². The summed E-state index contributed by atoms with van der Waals surface area (Å²) in [5, 5.41) is 9.22. The first kappa shape index (κ1) is 18.8. The molecule has 2 atom stereocenters. The average molecular weight is 380 g/mol. The maximum absolute atomic E-state index is 12.4. The standard InChI is InChI=1S/C22H28N4O2/c1-16(2)11-25-14-22(28-20(25)27)8-4-7-21(3,12-22)13-26-15-24-18-6-5-17(10-23)9-19(18)26/h5-6,9,15-16H,4,7-8,11-14H2,1-3H3/t21-,22-/m0/s1. The summed E-state index contributed by atoms with van der Waals surface area (Å²) >= 11 is 0. The predicted octanol–water partition coefficient (Wildman–Crippen LogP) is 4.34.